The molecule has 1 heterocycles. The van der Waals surface area contributed by atoms with Crippen LogP contribution in [-0.2, 0) is 4.57 Å². The van der Waals surface area contributed by atoms with E-state index in [1.54, 1.807) is 0 Å². The van der Waals surface area contributed by atoms with E-state index < -0.39 is 24.0 Å². The van der Waals surface area contributed by atoms with E-state index in [0.717, 1.165) is 11.1 Å². The summed E-state index contributed by atoms with van der Waals surface area (Å²) < 4.78 is 26.4. The Morgan fingerprint density at radius 2 is 0.493 bits per heavy atom. The number of hydrogen-bond donors (Lipinski definition) is 1. The SMILES string of the molecule is O=P1(O)Oc2c(-c3ccc([Si](c4ccccc4)(c4ccccc4)c4ccccc4)cc3)cccc2-c2cccc(-c3ccc([Si](c4ccccc4)(c4ccccc4)c4ccccc4)cc3)c2O1. The second-order valence-electron chi connectivity index (χ2n) is 16.9. The molecule has 0 saturated carbocycles. The Labute approximate surface area is 393 Å². The van der Waals surface area contributed by atoms with E-state index in [1.807, 2.05) is 36.4 Å². The van der Waals surface area contributed by atoms with Crippen LogP contribution in [0.3, 0.4) is 0 Å². The third-order valence-electron chi connectivity index (χ3n) is 13.2. The van der Waals surface area contributed by atoms with Crippen LogP contribution in [0.5, 0.6) is 11.5 Å². The van der Waals surface area contributed by atoms with Gasteiger partial charge in [-0.25, -0.2) is 4.57 Å². The second-order valence-corrected chi connectivity index (χ2v) is 25.8. The molecule has 1 N–H and O–H groups in total. The maximum Gasteiger partial charge on any atom is 0.584 e. The zero-order valence-corrected chi connectivity index (χ0v) is 39.4. The third kappa shape index (κ3) is 7.41. The topological polar surface area (TPSA) is 55.8 Å². The molecule has 10 aromatic carbocycles. The zero-order chi connectivity index (χ0) is 45.3. The van der Waals surface area contributed by atoms with Crippen LogP contribution in [-0.4, -0.2) is 21.0 Å². The highest BCUT2D eigenvalue weighted by Crippen LogP contribution is 2.58. The Bertz CT molecular complexity index is 2940. The first-order chi connectivity index (χ1) is 33.0. The number of benzene rings is 10. The second kappa shape index (κ2) is 17.7. The van der Waals surface area contributed by atoms with E-state index >= 15 is 0 Å². The maximum atomic E-state index is 14.2. The highest BCUT2D eigenvalue weighted by molar-refractivity contribution is 7.48. The molecule has 0 unspecified atom stereocenters. The van der Waals surface area contributed by atoms with Crippen molar-refractivity contribution in [3.8, 4) is 44.9 Å². The third-order valence-corrected chi connectivity index (χ3v) is 23.7. The van der Waals surface area contributed by atoms with Crippen molar-refractivity contribution in [1.82, 2.24) is 0 Å². The summed E-state index contributed by atoms with van der Waals surface area (Å²) in [5.41, 5.74) is 4.45. The minimum absolute atomic E-state index is 0.300. The number of rotatable bonds is 10. The highest BCUT2D eigenvalue weighted by Gasteiger charge is 2.43. The van der Waals surface area contributed by atoms with E-state index in [0.29, 0.717) is 33.8 Å². The average molecular weight is 917 g/mol. The average Bonchev–Trinajstić information content (AvgIpc) is 3.52. The molecule has 1 aliphatic rings. The van der Waals surface area contributed by atoms with E-state index in [1.165, 1.54) is 41.5 Å². The molecule has 0 fully saturated rings. The van der Waals surface area contributed by atoms with Crippen molar-refractivity contribution < 1.29 is 18.5 Å². The van der Waals surface area contributed by atoms with Gasteiger partial charge in [0.1, 0.15) is 11.5 Å². The standard InChI is InChI=1S/C60H45O4PSi2/c61-65(62)63-59-55(45-37-41-53(42-38-45)66(47-21-7-1-8-22-47,48-23-9-2-10-24-48)49-25-11-3-12-26-49)33-19-35-57(59)58-36-20-34-56(60(58)64-65)46-39-43-54(44-40-46)67(50-27-13-4-14-28-50,51-29-15-5-16-30-51)52-31-17-6-18-32-52/h1-44H,(H,61,62). The zero-order valence-electron chi connectivity index (χ0n) is 36.5. The summed E-state index contributed by atoms with van der Waals surface area (Å²) >= 11 is 0. The van der Waals surface area contributed by atoms with Crippen molar-refractivity contribution in [2.24, 2.45) is 0 Å². The fourth-order valence-corrected chi connectivity index (χ4v) is 20.7. The molecule has 10 aromatic rings. The summed E-state index contributed by atoms with van der Waals surface area (Å²) in [6, 6.07) is 93.9. The minimum atomic E-state index is -4.69. The summed E-state index contributed by atoms with van der Waals surface area (Å²) in [7, 11) is -10.2. The van der Waals surface area contributed by atoms with Gasteiger partial charge in [0.15, 0.2) is 16.1 Å². The highest BCUT2D eigenvalue weighted by atomic mass is 31.2. The van der Waals surface area contributed by atoms with Crippen LogP contribution in [0.2, 0.25) is 0 Å². The van der Waals surface area contributed by atoms with Gasteiger partial charge in [-0.1, -0.05) is 267 Å². The maximum absolute atomic E-state index is 14.2. The molecule has 322 valence electrons. The van der Waals surface area contributed by atoms with Crippen LogP contribution >= 0.6 is 7.82 Å². The number of phosphoric acid groups is 1. The molecular weight excluding hydrogens is 872 g/mol. The summed E-state index contributed by atoms with van der Waals surface area (Å²) in [6.45, 7) is 0. The van der Waals surface area contributed by atoms with Gasteiger partial charge in [-0.2, -0.15) is 0 Å². The molecule has 4 nitrogen and oxygen atoms in total. The smallest absolute Gasteiger partial charge is 0.394 e. The minimum Gasteiger partial charge on any atom is -0.394 e. The van der Waals surface area contributed by atoms with Crippen molar-refractivity contribution in [3.63, 3.8) is 0 Å². The number of para-hydroxylation sites is 2. The van der Waals surface area contributed by atoms with E-state index in [9.17, 15) is 9.46 Å². The molecule has 1 aliphatic heterocycles. The van der Waals surface area contributed by atoms with Crippen LogP contribution in [0.1, 0.15) is 0 Å². The number of fused-ring (bicyclic) bond motifs is 3. The van der Waals surface area contributed by atoms with Crippen LogP contribution in [0.4, 0.5) is 0 Å². The fourth-order valence-electron chi connectivity index (χ4n) is 10.3. The molecule has 0 bridgehead atoms. The van der Waals surface area contributed by atoms with Crippen LogP contribution in [0.25, 0.3) is 33.4 Å². The lowest BCUT2D eigenvalue weighted by molar-refractivity contribution is 0.295. The molecule has 0 radical (unpaired) electrons. The van der Waals surface area contributed by atoms with Gasteiger partial charge < -0.3 is 9.05 Å². The predicted molar refractivity (Wildman–Crippen MR) is 281 cm³/mol. The lowest BCUT2D eigenvalue weighted by atomic mass is 9.94. The van der Waals surface area contributed by atoms with Crippen molar-refractivity contribution >= 4 is 65.5 Å². The molecule has 67 heavy (non-hydrogen) atoms. The molecular formula is C60H45O4PSi2. The lowest BCUT2D eigenvalue weighted by Crippen LogP contribution is -2.74. The Morgan fingerprint density at radius 1 is 0.269 bits per heavy atom. The van der Waals surface area contributed by atoms with Crippen molar-refractivity contribution in [1.29, 1.82) is 0 Å². The van der Waals surface area contributed by atoms with E-state index in [-0.39, 0.29) is 0 Å². The van der Waals surface area contributed by atoms with Crippen molar-refractivity contribution in [2.75, 3.05) is 0 Å². The molecule has 0 atom stereocenters. The largest absolute Gasteiger partial charge is 0.584 e. The van der Waals surface area contributed by atoms with Gasteiger partial charge in [0.05, 0.1) is 0 Å². The first-order valence-electron chi connectivity index (χ1n) is 22.5. The lowest BCUT2D eigenvalue weighted by Gasteiger charge is -2.34. The van der Waals surface area contributed by atoms with Crippen LogP contribution in [0.15, 0.2) is 267 Å². The van der Waals surface area contributed by atoms with Gasteiger partial charge in [0.2, 0.25) is 0 Å². The van der Waals surface area contributed by atoms with Crippen molar-refractivity contribution in [3.05, 3.63) is 267 Å². The molecule has 0 aliphatic carbocycles. The summed E-state index contributed by atoms with van der Waals surface area (Å²) in [6.07, 6.45) is 0. The van der Waals surface area contributed by atoms with Gasteiger partial charge >= 0.3 is 7.82 Å². The fraction of sp³-hybridized carbons (Fsp3) is 0. The quantitative estimate of drug-likeness (QED) is 0.0845. The van der Waals surface area contributed by atoms with Gasteiger partial charge in [0, 0.05) is 22.3 Å². The van der Waals surface area contributed by atoms with Gasteiger partial charge in [0.25, 0.3) is 0 Å². The summed E-state index contributed by atoms with van der Waals surface area (Å²) in [5, 5.41) is 10.1. The normalized spacial score (nSPS) is 13.0. The Kier molecular flexibility index (Phi) is 11.1. The number of hydrogen-bond acceptors (Lipinski definition) is 3. The van der Waals surface area contributed by atoms with Gasteiger partial charge in [-0.05, 0) is 52.6 Å². The van der Waals surface area contributed by atoms with Crippen LogP contribution < -0.4 is 50.5 Å². The number of phosphoric ester groups is 1. The summed E-state index contributed by atoms with van der Waals surface area (Å²) in [5.74, 6) is 0.601. The van der Waals surface area contributed by atoms with Crippen LogP contribution in [0, 0.1) is 0 Å². The monoisotopic (exact) mass is 916 g/mol. The molecule has 0 aromatic heterocycles. The molecule has 0 saturated heterocycles. The van der Waals surface area contributed by atoms with Gasteiger partial charge in [-0.15, -0.1) is 0 Å². The summed E-state index contributed by atoms with van der Waals surface area (Å²) in [4.78, 5) is 11.6. The van der Waals surface area contributed by atoms with Gasteiger partial charge in [-0.3, -0.25) is 4.89 Å². The molecule has 0 amide bonds. The predicted octanol–water partition coefficient (Wildman–Crippen LogP) is 9.31. The Hall–Kier alpha value is -7.58. The molecule has 11 rings (SSSR count). The first-order valence-corrected chi connectivity index (χ1v) is 28.0. The Morgan fingerprint density at radius 3 is 0.746 bits per heavy atom. The van der Waals surface area contributed by atoms with E-state index in [4.69, 9.17) is 9.05 Å². The first kappa shape index (κ1) is 42.1. The molecule has 0 spiro atoms. The van der Waals surface area contributed by atoms with Crippen molar-refractivity contribution in [2.45, 2.75) is 0 Å². The molecule has 7 heteroatoms. The Balaban J connectivity index is 1.02. The van der Waals surface area contributed by atoms with E-state index in [2.05, 4.69) is 231 Å².